The summed E-state index contributed by atoms with van der Waals surface area (Å²) < 4.78 is 7.40. The molecule has 0 amide bonds. The quantitative estimate of drug-likeness (QED) is 0.834. The van der Waals surface area contributed by atoms with Gasteiger partial charge >= 0.3 is 0 Å². The zero-order chi connectivity index (χ0) is 14.3. The van der Waals surface area contributed by atoms with Crippen LogP contribution in [0.1, 0.15) is 35.1 Å². The number of rotatable bonds is 2. The molecule has 1 aliphatic rings. The SMILES string of the molecule is COc1ccc(-n2c(C)cc3c2C[C@H](C)CC3=O)cc1. The van der Waals surface area contributed by atoms with Crippen LogP contribution in [0.25, 0.3) is 5.69 Å². The molecule has 1 aromatic carbocycles. The summed E-state index contributed by atoms with van der Waals surface area (Å²) in [5.74, 6) is 1.53. The van der Waals surface area contributed by atoms with Gasteiger partial charge in [-0.3, -0.25) is 4.79 Å². The average Bonchev–Trinajstić information content (AvgIpc) is 2.76. The first-order valence-corrected chi connectivity index (χ1v) is 6.99. The predicted octanol–water partition coefficient (Wildman–Crippen LogP) is 3.56. The maximum absolute atomic E-state index is 12.2. The molecular weight excluding hydrogens is 250 g/mol. The Bertz CT molecular complexity index is 652. The molecule has 3 nitrogen and oxygen atoms in total. The monoisotopic (exact) mass is 269 g/mol. The number of nitrogens with zero attached hydrogens (tertiary/aromatic N) is 1. The van der Waals surface area contributed by atoms with Gasteiger partial charge in [0, 0.05) is 29.1 Å². The van der Waals surface area contributed by atoms with Crippen molar-refractivity contribution in [3.05, 3.63) is 47.3 Å². The van der Waals surface area contributed by atoms with Crippen molar-refractivity contribution >= 4 is 5.78 Å². The highest BCUT2D eigenvalue weighted by Crippen LogP contribution is 2.31. The minimum Gasteiger partial charge on any atom is -0.497 e. The maximum Gasteiger partial charge on any atom is 0.164 e. The van der Waals surface area contributed by atoms with E-state index in [9.17, 15) is 4.79 Å². The van der Waals surface area contributed by atoms with Gasteiger partial charge in [0.15, 0.2) is 5.78 Å². The van der Waals surface area contributed by atoms with Crippen LogP contribution in [-0.4, -0.2) is 17.5 Å². The molecule has 1 aromatic heterocycles. The number of aromatic nitrogens is 1. The van der Waals surface area contributed by atoms with E-state index >= 15 is 0 Å². The number of methoxy groups -OCH3 is 1. The Kier molecular flexibility index (Phi) is 3.13. The molecule has 20 heavy (non-hydrogen) atoms. The van der Waals surface area contributed by atoms with Gasteiger partial charge in [-0.05, 0) is 49.6 Å². The highest BCUT2D eigenvalue weighted by atomic mass is 16.5. The van der Waals surface area contributed by atoms with Gasteiger partial charge in [-0.25, -0.2) is 0 Å². The number of aryl methyl sites for hydroxylation is 1. The molecule has 1 aliphatic carbocycles. The van der Waals surface area contributed by atoms with Crippen molar-refractivity contribution < 1.29 is 9.53 Å². The van der Waals surface area contributed by atoms with Crippen molar-refractivity contribution in [2.75, 3.05) is 7.11 Å². The van der Waals surface area contributed by atoms with Crippen molar-refractivity contribution in [1.82, 2.24) is 4.57 Å². The largest absolute Gasteiger partial charge is 0.497 e. The summed E-state index contributed by atoms with van der Waals surface area (Å²) in [6, 6.07) is 10.0. The molecule has 0 unspecified atom stereocenters. The van der Waals surface area contributed by atoms with Gasteiger partial charge < -0.3 is 9.30 Å². The van der Waals surface area contributed by atoms with Crippen LogP contribution in [0, 0.1) is 12.8 Å². The predicted molar refractivity (Wildman–Crippen MR) is 78.9 cm³/mol. The fourth-order valence-electron chi connectivity index (χ4n) is 3.05. The molecule has 0 bridgehead atoms. The first-order valence-electron chi connectivity index (χ1n) is 6.99. The van der Waals surface area contributed by atoms with Gasteiger partial charge in [0.2, 0.25) is 0 Å². The van der Waals surface area contributed by atoms with Gasteiger partial charge in [-0.1, -0.05) is 6.92 Å². The molecule has 0 saturated carbocycles. The molecule has 3 rings (SSSR count). The normalized spacial score (nSPS) is 17.9. The smallest absolute Gasteiger partial charge is 0.164 e. The van der Waals surface area contributed by atoms with E-state index in [1.54, 1.807) is 7.11 Å². The van der Waals surface area contributed by atoms with Gasteiger partial charge in [0.05, 0.1) is 7.11 Å². The highest BCUT2D eigenvalue weighted by Gasteiger charge is 2.27. The number of benzene rings is 1. The first-order chi connectivity index (χ1) is 9.60. The Balaban J connectivity index is 2.11. The second-order valence-corrected chi connectivity index (χ2v) is 5.62. The number of Topliss-reactive ketones (excluding diaryl/α,β-unsaturated/α-hetero) is 1. The van der Waals surface area contributed by atoms with Crippen LogP contribution in [0.5, 0.6) is 5.75 Å². The minimum atomic E-state index is 0.272. The Labute approximate surface area is 119 Å². The summed E-state index contributed by atoms with van der Waals surface area (Å²) >= 11 is 0. The lowest BCUT2D eigenvalue weighted by Crippen LogP contribution is -2.19. The van der Waals surface area contributed by atoms with Crippen LogP contribution in [0.2, 0.25) is 0 Å². The fraction of sp³-hybridized carbons (Fsp3) is 0.353. The summed E-state index contributed by atoms with van der Waals surface area (Å²) in [6.45, 7) is 4.20. The molecular formula is C17H19NO2. The van der Waals surface area contributed by atoms with E-state index in [0.717, 1.165) is 34.8 Å². The van der Waals surface area contributed by atoms with E-state index in [-0.39, 0.29) is 5.78 Å². The molecule has 104 valence electrons. The average molecular weight is 269 g/mol. The molecule has 1 heterocycles. The summed E-state index contributed by atoms with van der Waals surface area (Å²) in [5.41, 5.74) is 4.25. The van der Waals surface area contributed by atoms with Crippen LogP contribution in [-0.2, 0) is 6.42 Å². The summed E-state index contributed by atoms with van der Waals surface area (Å²) in [6.07, 6.45) is 1.63. The van der Waals surface area contributed by atoms with Crippen molar-refractivity contribution in [2.24, 2.45) is 5.92 Å². The summed E-state index contributed by atoms with van der Waals surface area (Å²) in [5, 5.41) is 0. The zero-order valence-electron chi connectivity index (χ0n) is 12.1. The molecule has 0 saturated heterocycles. The van der Waals surface area contributed by atoms with E-state index in [1.807, 2.05) is 30.3 Å². The molecule has 0 fully saturated rings. The molecule has 2 aromatic rings. The topological polar surface area (TPSA) is 31.2 Å². The van der Waals surface area contributed by atoms with Crippen LogP contribution < -0.4 is 4.74 Å². The van der Waals surface area contributed by atoms with Gasteiger partial charge in [-0.2, -0.15) is 0 Å². The number of ether oxygens (including phenoxy) is 1. The Morgan fingerprint density at radius 3 is 2.55 bits per heavy atom. The third-order valence-corrected chi connectivity index (χ3v) is 3.99. The van der Waals surface area contributed by atoms with Gasteiger partial charge in [0.25, 0.3) is 0 Å². The van der Waals surface area contributed by atoms with E-state index in [1.165, 1.54) is 0 Å². The van der Waals surface area contributed by atoms with Crippen LogP contribution >= 0.6 is 0 Å². The maximum atomic E-state index is 12.2. The highest BCUT2D eigenvalue weighted by molar-refractivity contribution is 5.98. The first kappa shape index (κ1) is 13.0. The van der Waals surface area contributed by atoms with Gasteiger partial charge in [0.1, 0.15) is 5.75 Å². The third-order valence-electron chi connectivity index (χ3n) is 3.99. The van der Waals surface area contributed by atoms with Crippen molar-refractivity contribution in [3.63, 3.8) is 0 Å². The molecule has 0 N–H and O–H groups in total. The van der Waals surface area contributed by atoms with E-state index in [4.69, 9.17) is 4.74 Å². The lowest BCUT2D eigenvalue weighted by molar-refractivity contribution is 0.0952. The molecule has 0 aliphatic heterocycles. The lowest BCUT2D eigenvalue weighted by Gasteiger charge is -2.20. The second kappa shape index (κ2) is 4.82. The number of carbonyl (C=O) groups is 1. The van der Waals surface area contributed by atoms with E-state index in [0.29, 0.717) is 12.3 Å². The standard InChI is InChI=1S/C17H19NO2/c1-11-8-16-15(17(19)9-11)10-12(2)18(16)13-4-6-14(20-3)7-5-13/h4-7,10-11H,8-9H2,1-3H3/t11-/m0/s1. The fourth-order valence-corrected chi connectivity index (χ4v) is 3.05. The second-order valence-electron chi connectivity index (χ2n) is 5.62. The van der Waals surface area contributed by atoms with Gasteiger partial charge in [-0.15, -0.1) is 0 Å². The Hall–Kier alpha value is -2.03. The number of hydrogen-bond acceptors (Lipinski definition) is 2. The van der Waals surface area contributed by atoms with Crippen molar-refractivity contribution in [1.29, 1.82) is 0 Å². The Morgan fingerprint density at radius 2 is 1.90 bits per heavy atom. The molecule has 1 atom stereocenters. The van der Waals surface area contributed by atoms with Crippen LogP contribution in [0.3, 0.4) is 0 Å². The Morgan fingerprint density at radius 1 is 1.20 bits per heavy atom. The molecule has 3 heteroatoms. The minimum absolute atomic E-state index is 0.272. The van der Waals surface area contributed by atoms with E-state index < -0.39 is 0 Å². The third kappa shape index (κ3) is 2.03. The number of ketones is 1. The summed E-state index contributed by atoms with van der Waals surface area (Å²) in [7, 11) is 1.66. The van der Waals surface area contributed by atoms with Crippen molar-refractivity contribution in [2.45, 2.75) is 26.7 Å². The van der Waals surface area contributed by atoms with Crippen LogP contribution in [0.15, 0.2) is 30.3 Å². The summed E-state index contributed by atoms with van der Waals surface area (Å²) in [4.78, 5) is 12.2. The van der Waals surface area contributed by atoms with Crippen LogP contribution in [0.4, 0.5) is 0 Å². The number of carbonyl (C=O) groups excluding carboxylic acids is 1. The van der Waals surface area contributed by atoms with E-state index in [2.05, 4.69) is 18.4 Å². The number of hydrogen-bond donors (Lipinski definition) is 0. The zero-order valence-corrected chi connectivity index (χ0v) is 12.1. The lowest BCUT2D eigenvalue weighted by atomic mass is 9.88. The number of fused-ring (bicyclic) bond motifs is 1. The molecule has 0 radical (unpaired) electrons. The van der Waals surface area contributed by atoms with Crippen molar-refractivity contribution in [3.8, 4) is 11.4 Å². The molecule has 0 spiro atoms.